The number of fused-ring (bicyclic) bond motifs is 1. The van der Waals surface area contributed by atoms with Crippen LogP contribution in [0, 0.1) is 5.82 Å². The van der Waals surface area contributed by atoms with Crippen LogP contribution in [0.15, 0.2) is 56.6 Å². The maximum Gasteiger partial charge on any atom is 0.420 e. The molecule has 8 nitrogen and oxygen atoms in total. The second kappa shape index (κ2) is 6.64. The number of anilines is 1. The Morgan fingerprint density at radius 1 is 1.27 bits per heavy atom. The maximum absolute atomic E-state index is 13.7. The fraction of sp³-hybridized carbons (Fsp3) is 0.125. The number of hydrogen-bond donors (Lipinski definition) is 1. The number of methoxy groups -OCH3 is 1. The molecular formula is C16H13FN2O6S. The molecule has 1 aromatic heterocycles. The number of para-hydroxylation sites is 1. The van der Waals surface area contributed by atoms with E-state index < -0.39 is 27.6 Å². The second-order valence-electron chi connectivity index (χ2n) is 5.25. The van der Waals surface area contributed by atoms with Crippen LogP contribution in [-0.4, -0.2) is 26.1 Å². The molecule has 3 aromatic rings. The number of aromatic nitrogens is 1. The molecule has 3 rings (SSSR count). The van der Waals surface area contributed by atoms with Crippen molar-refractivity contribution in [2.75, 3.05) is 11.8 Å². The topological polar surface area (TPSA) is 108 Å². The van der Waals surface area contributed by atoms with E-state index in [4.69, 9.17) is 4.42 Å². The van der Waals surface area contributed by atoms with Gasteiger partial charge in [-0.2, -0.15) is 0 Å². The highest BCUT2D eigenvalue weighted by Crippen LogP contribution is 2.22. The van der Waals surface area contributed by atoms with Gasteiger partial charge in [0.2, 0.25) is 0 Å². The number of carbonyl (C=O) groups excluding carboxylic acids is 1. The molecular weight excluding hydrogens is 367 g/mol. The van der Waals surface area contributed by atoms with E-state index in [1.807, 2.05) is 0 Å². The molecule has 0 bridgehead atoms. The van der Waals surface area contributed by atoms with Gasteiger partial charge in [-0.3, -0.25) is 14.1 Å². The quantitative estimate of drug-likeness (QED) is 0.675. The Kier molecular flexibility index (Phi) is 4.51. The van der Waals surface area contributed by atoms with E-state index in [-0.39, 0.29) is 28.2 Å². The number of nitrogens with one attached hydrogen (secondary N) is 1. The Morgan fingerprint density at radius 3 is 2.69 bits per heavy atom. The van der Waals surface area contributed by atoms with Gasteiger partial charge in [0.25, 0.3) is 10.0 Å². The van der Waals surface area contributed by atoms with Crippen LogP contribution in [0.1, 0.15) is 0 Å². The second-order valence-corrected chi connectivity index (χ2v) is 6.93. The van der Waals surface area contributed by atoms with Gasteiger partial charge in [0.1, 0.15) is 12.4 Å². The summed E-state index contributed by atoms with van der Waals surface area (Å²) in [6.07, 6.45) is 0. The minimum Gasteiger partial charge on any atom is -0.468 e. The number of carbonyl (C=O) groups is 1. The zero-order valence-electron chi connectivity index (χ0n) is 13.4. The molecule has 1 heterocycles. The predicted octanol–water partition coefficient (Wildman–Crippen LogP) is 1.71. The van der Waals surface area contributed by atoms with Gasteiger partial charge in [0.15, 0.2) is 5.58 Å². The first-order chi connectivity index (χ1) is 12.3. The number of nitrogens with zero attached hydrogens (tertiary/aromatic N) is 1. The average molecular weight is 380 g/mol. The molecule has 0 fully saturated rings. The third kappa shape index (κ3) is 3.31. The van der Waals surface area contributed by atoms with E-state index in [2.05, 4.69) is 9.46 Å². The fourth-order valence-corrected chi connectivity index (χ4v) is 3.39. The number of rotatable bonds is 5. The Hall–Kier alpha value is -3.14. The first kappa shape index (κ1) is 17.7. The van der Waals surface area contributed by atoms with Crippen LogP contribution in [0.25, 0.3) is 11.1 Å². The predicted molar refractivity (Wildman–Crippen MR) is 89.7 cm³/mol. The summed E-state index contributed by atoms with van der Waals surface area (Å²) in [6.45, 7) is -0.373. The van der Waals surface area contributed by atoms with Crippen molar-refractivity contribution in [1.29, 1.82) is 0 Å². The Labute approximate surface area is 146 Å². The van der Waals surface area contributed by atoms with E-state index in [0.717, 1.165) is 16.7 Å². The van der Waals surface area contributed by atoms with Gasteiger partial charge in [-0.15, -0.1) is 0 Å². The molecule has 2 aromatic carbocycles. The normalized spacial score (nSPS) is 11.5. The maximum atomic E-state index is 13.7. The SMILES string of the molecule is COC(=O)Cn1c(=O)oc2cc(S(=O)(=O)Nc3ccccc3F)ccc21. The molecule has 136 valence electrons. The zero-order chi connectivity index (χ0) is 18.9. The number of sulfonamides is 1. The standard InChI is InChI=1S/C16H13FN2O6S/c1-24-15(20)9-19-13-7-6-10(8-14(13)25-16(19)21)26(22,23)18-12-5-3-2-4-11(12)17/h2-8,18H,9H2,1H3. The van der Waals surface area contributed by atoms with E-state index >= 15 is 0 Å². The zero-order valence-corrected chi connectivity index (χ0v) is 14.2. The van der Waals surface area contributed by atoms with E-state index in [0.29, 0.717) is 0 Å². The number of halogens is 1. The molecule has 0 saturated heterocycles. The summed E-state index contributed by atoms with van der Waals surface area (Å²) < 4.78 is 51.2. The van der Waals surface area contributed by atoms with Gasteiger partial charge in [-0.25, -0.2) is 17.6 Å². The first-order valence-electron chi connectivity index (χ1n) is 7.29. The summed E-state index contributed by atoms with van der Waals surface area (Å²) in [5.41, 5.74) is -0.0159. The van der Waals surface area contributed by atoms with Gasteiger partial charge in [-0.05, 0) is 24.3 Å². The molecule has 26 heavy (non-hydrogen) atoms. The molecule has 0 aliphatic heterocycles. The molecule has 1 N–H and O–H groups in total. The molecule has 0 aliphatic rings. The molecule has 10 heteroatoms. The molecule has 0 unspecified atom stereocenters. The number of esters is 1. The van der Waals surface area contributed by atoms with Crippen molar-refractivity contribution in [2.24, 2.45) is 0 Å². The van der Waals surface area contributed by atoms with Crippen molar-refractivity contribution < 1.29 is 26.8 Å². The van der Waals surface area contributed by atoms with Gasteiger partial charge >= 0.3 is 11.7 Å². The molecule has 0 atom stereocenters. The summed E-state index contributed by atoms with van der Waals surface area (Å²) in [6, 6.07) is 8.96. The third-order valence-electron chi connectivity index (χ3n) is 3.58. The lowest BCUT2D eigenvalue weighted by Gasteiger charge is -2.08. The molecule has 0 radical (unpaired) electrons. The summed E-state index contributed by atoms with van der Waals surface area (Å²) in [5.74, 6) is -2.22. The van der Waals surface area contributed by atoms with E-state index in [9.17, 15) is 22.4 Å². The summed E-state index contributed by atoms with van der Waals surface area (Å²) >= 11 is 0. The Balaban J connectivity index is 2.00. The highest BCUT2D eigenvalue weighted by molar-refractivity contribution is 7.92. The van der Waals surface area contributed by atoms with Crippen LogP contribution in [-0.2, 0) is 26.1 Å². The lowest BCUT2D eigenvalue weighted by molar-refractivity contribution is -0.141. The molecule has 0 amide bonds. The van der Waals surface area contributed by atoms with Crippen molar-refractivity contribution in [3.8, 4) is 0 Å². The summed E-state index contributed by atoms with van der Waals surface area (Å²) in [5, 5.41) is 0. The third-order valence-corrected chi connectivity index (χ3v) is 4.95. The summed E-state index contributed by atoms with van der Waals surface area (Å²) in [4.78, 5) is 23.0. The van der Waals surface area contributed by atoms with Crippen molar-refractivity contribution >= 4 is 32.8 Å². The smallest absolute Gasteiger partial charge is 0.420 e. The number of hydrogen-bond acceptors (Lipinski definition) is 6. The molecule has 0 spiro atoms. The van der Waals surface area contributed by atoms with Crippen molar-refractivity contribution in [3.63, 3.8) is 0 Å². The van der Waals surface area contributed by atoms with Crippen molar-refractivity contribution in [3.05, 3.63) is 58.8 Å². The van der Waals surface area contributed by atoms with Crippen LogP contribution >= 0.6 is 0 Å². The van der Waals surface area contributed by atoms with E-state index in [1.54, 1.807) is 0 Å². The van der Waals surface area contributed by atoms with Crippen molar-refractivity contribution in [1.82, 2.24) is 4.57 Å². The average Bonchev–Trinajstić information content (AvgIpc) is 2.91. The van der Waals surface area contributed by atoms with Crippen LogP contribution in [0.2, 0.25) is 0 Å². The lowest BCUT2D eigenvalue weighted by atomic mass is 10.3. The number of oxazole rings is 1. The highest BCUT2D eigenvalue weighted by atomic mass is 32.2. The van der Waals surface area contributed by atoms with Gasteiger partial charge < -0.3 is 9.15 Å². The Morgan fingerprint density at radius 2 is 2.00 bits per heavy atom. The summed E-state index contributed by atoms with van der Waals surface area (Å²) in [7, 11) is -2.94. The van der Waals surface area contributed by atoms with Crippen LogP contribution in [0.3, 0.4) is 0 Å². The number of benzene rings is 2. The monoisotopic (exact) mass is 380 g/mol. The largest absolute Gasteiger partial charge is 0.468 e. The molecule has 0 saturated carbocycles. The Bertz CT molecular complexity index is 1150. The van der Waals surface area contributed by atoms with Gasteiger partial charge in [0.05, 0.1) is 23.2 Å². The van der Waals surface area contributed by atoms with Crippen LogP contribution in [0.5, 0.6) is 0 Å². The van der Waals surface area contributed by atoms with Crippen LogP contribution < -0.4 is 10.5 Å². The first-order valence-corrected chi connectivity index (χ1v) is 8.77. The lowest BCUT2D eigenvalue weighted by Crippen LogP contribution is -2.20. The van der Waals surface area contributed by atoms with Crippen LogP contribution in [0.4, 0.5) is 10.1 Å². The fourth-order valence-electron chi connectivity index (χ4n) is 2.30. The highest BCUT2D eigenvalue weighted by Gasteiger charge is 2.20. The van der Waals surface area contributed by atoms with Gasteiger partial charge in [0, 0.05) is 6.07 Å². The van der Waals surface area contributed by atoms with Crippen molar-refractivity contribution in [2.45, 2.75) is 11.4 Å². The minimum atomic E-state index is -4.11. The minimum absolute atomic E-state index is 0.0321. The van der Waals surface area contributed by atoms with E-state index in [1.165, 1.54) is 37.4 Å². The van der Waals surface area contributed by atoms with Gasteiger partial charge in [-0.1, -0.05) is 12.1 Å². The molecule has 0 aliphatic carbocycles. The number of ether oxygens (including phenoxy) is 1.